The summed E-state index contributed by atoms with van der Waals surface area (Å²) in [7, 11) is 1.78. The smallest absolute Gasteiger partial charge is 0.0612 e. The van der Waals surface area contributed by atoms with Crippen LogP contribution in [0, 0.1) is 46.3 Å². The van der Waals surface area contributed by atoms with Gasteiger partial charge in [-0.2, -0.15) is 0 Å². The van der Waals surface area contributed by atoms with Crippen LogP contribution in [0.25, 0.3) is 0 Å². The van der Waals surface area contributed by atoms with E-state index in [0.29, 0.717) is 16.9 Å². The Kier molecular flexibility index (Phi) is 8.37. The lowest BCUT2D eigenvalue weighted by molar-refractivity contribution is -0.0646. The van der Waals surface area contributed by atoms with Gasteiger partial charge in [0.15, 0.2) is 0 Å². The fourth-order valence-corrected chi connectivity index (χ4v) is 9.25. The van der Waals surface area contributed by atoms with E-state index in [0.717, 1.165) is 55.1 Å². The molecule has 0 heterocycles. The molecule has 190 valence electrons. The zero-order valence-corrected chi connectivity index (χ0v) is 22.8. The molecule has 8 atom stereocenters. The first kappa shape index (κ1) is 25.7. The van der Waals surface area contributed by atoms with Crippen LogP contribution in [0.3, 0.4) is 0 Å². The summed E-state index contributed by atoms with van der Waals surface area (Å²) in [4.78, 5) is 0. The predicted molar refractivity (Wildman–Crippen MR) is 139 cm³/mol. The van der Waals surface area contributed by atoms with Gasteiger partial charge in [-0.3, -0.25) is 0 Å². The highest BCUT2D eigenvalue weighted by atomic mass is 16.5. The summed E-state index contributed by atoms with van der Waals surface area (Å²) in [6, 6.07) is 0. The second kappa shape index (κ2) is 10.7. The maximum atomic E-state index is 6.27. The minimum atomic E-state index is 0.439. The molecular formula is C31H54O2. The lowest BCUT2D eigenvalue weighted by Gasteiger charge is -2.58. The van der Waals surface area contributed by atoms with E-state index in [1.807, 2.05) is 0 Å². The average Bonchev–Trinajstić information content (AvgIpc) is 3.14. The molecule has 4 rings (SSSR count). The fraction of sp³-hybridized carbons (Fsp3) is 0.935. The molecule has 0 unspecified atom stereocenters. The molecule has 3 fully saturated rings. The highest BCUT2D eigenvalue weighted by molar-refractivity contribution is 5.25. The van der Waals surface area contributed by atoms with Gasteiger partial charge in [0.1, 0.15) is 0 Å². The summed E-state index contributed by atoms with van der Waals surface area (Å²) in [5.74, 6) is 5.54. The first-order chi connectivity index (χ1) is 15.8. The number of rotatable bonds is 10. The predicted octanol–water partition coefficient (Wildman–Crippen LogP) is 8.45. The summed E-state index contributed by atoms with van der Waals surface area (Å²) in [5.41, 5.74) is 2.80. The van der Waals surface area contributed by atoms with Gasteiger partial charge in [0.05, 0.1) is 6.10 Å². The van der Waals surface area contributed by atoms with Crippen LogP contribution in [0.1, 0.15) is 112 Å². The van der Waals surface area contributed by atoms with Crippen LogP contribution in [-0.2, 0) is 9.47 Å². The molecule has 0 aromatic heterocycles. The molecule has 33 heavy (non-hydrogen) atoms. The van der Waals surface area contributed by atoms with Gasteiger partial charge in [0, 0.05) is 20.3 Å². The molecule has 0 spiro atoms. The Bertz CT molecular complexity index is 668. The molecule has 4 aliphatic rings. The fourth-order valence-electron chi connectivity index (χ4n) is 9.25. The van der Waals surface area contributed by atoms with Gasteiger partial charge in [-0.1, -0.05) is 65.5 Å². The summed E-state index contributed by atoms with van der Waals surface area (Å²) in [6.07, 6.45) is 19.5. The summed E-state index contributed by atoms with van der Waals surface area (Å²) in [6.45, 7) is 14.4. The number of allylic oxidation sites excluding steroid dienone is 1. The molecule has 2 heteroatoms. The first-order valence-electron chi connectivity index (χ1n) is 14.6. The van der Waals surface area contributed by atoms with Crippen molar-refractivity contribution in [2.24, 2.45) is 46.3 Å². The van der Waals surface area contributed by atoms with Gasteiger partial charge in [-0.15, -0.1) is 0 Å². The average molecular weight is 459 g/mol. The number of fused-ring (bicyclic) bond motifs is 5. The van der Waals surface area contributed by atoms with Crippen LogP contribution in [0.4, 0.5) is 0 Å². The van der Waals surface area contributed by atoms with Crippen LogP contribution in [-0.4, -0.2) is 26.4 Å². The molecule has 0 aliphatic heterocycles. The molecule has 0 N–H and O–H groups in total. The van der Waals surface area contributed by atoms with Crippen molar-refractivity contribution >= 4 is 0 Å². The van der Waals surface area contributed by atoms with Crippen molar-refractivity contribution in [1.29, 1.82) is 0 Å². The van der Waals surface area contributed by atoms with Gasteiger partial charge in [0.2, 0.25) is 0 Å². The summed E-state index contributed by atoms with van der Waals surface area (Å²) < 4.78 is 11.5. The van der Waals surface area contributed by atoms with Crippen molar-refractivity contribution < 1.29 is 9.47 Å². The third kappa shape index (κ3) is 5.13. The van der Waals surface area contributed by atoms with Gasteiger partial charge < -0.3 is 9.47 Å². The summed E-state index contributed by atoms with van der Waals surface area (Å²) in [5, 5.41) is 0. The first-order valence-corrected chi connectivity index (χ1v) is 14.6. The van der Waals surface area contributed by atoms with Crippen molar-refractivity contribution in [1.82, 2.24) is 0 Å². The van der Waals surface area contributed by atoms with Gasteiger partial charge in [0.25, 0.3) is 0 Å². The van der Waals surface area contributed by atoms with E-state index >= 15 is 0 Å². The van der Waals surface area contributed by atoms with Crippen LogP contribution in [0.15, 0.2) is 11.6 Å². The topological polar surface area (TPSA) is 18.5 Å². The lowest BCUT2D eigenvalue weighted by Crippen LogP contribution is -2.51. The Hall–Kier alpha value is -0.340. The van der Waals surface area contributed by atoms with Crippen LogP contribution in [0.2, 0.25) is 0 Å². The zero-order valence-electron chi connectivity index (χ0n) is 22.8. The van der Waals surface area contributed by atoms with E-state index in [-0.39, 0.29) is 0 Å². The van der Waals surface area contributed by atoms with Gasteiger partial charge in [-0.05, 0) is 104 Å². The Labute approximate surface area is 205 Å². The van der Waals surface area contributed by atoms with E-state index in [1.165, 1.54) is 70.6 Å². The van der Waals surface area contributed by atoms with E-state index < -0.39 is 0 Å². The van der Waals surface area contributed by atoms with Gasteiger partial charge in [-0.25, -0.2) is 0 Å². The van der Waals surface area contributed by atoms with Crippen molar-refractivity contribution in [3.05, 3.63) is 11.6 Å². The molecule has 0 radical (unpaired) electrons. The second-order valence-electron chi connectivity index (χ2n) is 13.4. The largest absolute Gasteiger partial charge is 0.385 e. The Morgan fingerprint density at radius 3 is 2.52 bits per heavy atom. The normalized spacial score (nSPS) is 41.3. The zero-order chi connectivity index (χ0) is 23.6. The molecule has 4 aliphatic carbocycles. The standard InChI is InChI=1S/C31H54O2/c1-22(2)9-7-10-23(3)27-13-14-28-26-12-11-24-21-25(33-20-8-19-32-6)15-17-30(24,4)29(26)16-18-31(27,28)5/h11,22-23,25-29H,7-10,12-21H2,1-6H3/t23-,25+,26+,27-,28+,29+,30+,31-/m1/s1. The second-order valence-corrected chi connectivity index (χ2v) is 13.4. The number of ether oxygens (including phenoxy) is 2. The summed E-state index contributed by atoms with van der Waals surface area (Å²) >= 11 is 0. The van der Waals surface area contributed by atoms with Crippen LogP contribution in [0.5, 0.6) is 0 Å². The maximum Gasteiger partial charge on any atom is 0.0612 e. The Balaban J connectivity index is 1.40. The third-order valence-corrected chi connectivity index (χ3v) is 11.1. The number of hydrogen-bond acceptors (Lipinski definition) is 2. The van der Waals surface area contributed by atoms with E-state index in [1.54, 1.807) is 12.7 Å². The van der Waals surface area contributed by atoms with Gasteiger partial charge >= 0.3 is 0 Å². The highest BCUT2D eigenvalue weighted by Crippen LogP contribution is 2.67. The van der Waals surface area contributed by atoms with Crippen LogP contribution < -0.4 is 0 Å². The molecule has 3 saturated carbocycles. The van der Waals surface area contributed by atoms with Crippen molar-refractivity contribution in [3.63, 3.8) is 0 Å². The molecule has 0 amide bonds. The molecule has 0 saturated heterocycles. The molecule has 2 nitrogen and oxygen atoms in total. The molecule has 0 aromatic carbocycles. The maximum absolute atomic E-state index is 6.27. The van der Waals surface area contributed by atoms with E-state index in [4.69, 9.17) is 9.47 Å². The Morgan fingerprint density at radius 1 is 0.939 bits per heavy atom. The number of hydrogen-bond donors (Lipinski definition) is 0. The number of methoxy groups -OCH3 is 1. The molecule has 0 aromatic rings. The van der Waals surface area contributed by atoms with Crippen molar-refractivity contribution in [2.45, 2.75) is 118 Å². The monoisotopic (exact) mass is 458 g/mol. The highest BCUT2D eigenvalue weighted by Gasteiger charge is 2.59. The minimum Gasteiger partial charge on any atom is -0.385 e. The van der Waals surface area contributed by atoms with E-state index in [2.05, 4.69) is 40.7 Å². The quantitative estimate of drug-likeness (QED) is 0.241. The van der Waals surface area contributed by atoms with Crippen molar-refractivity contribution in [3.8, 4) is 0 Å². The third-order valence-electron chi connectivity index (χ3n) is 11.1. The van der Waals surface area contributed by atoms with Crippen LogP contribution >= 0.6 is 0 Å². The molecular weight excluding hydrogens is 404 g/mol. The van der Waals surface area contributed by atoms with Crippen molar-refractivity contribution in [2.75, 3.05) is 20.3 Å². The molecule has 0 bridgehead atoms. The minimum absolute atomic E-state index is 0.439. The SMILES string of the molecule is COCCCO[C@H]1CC[C@@]2(C)C(=CC[C@H]3[C@@H]4CC[C@H]([C@H](C)CCCC(C)C)[C@@]4(C)CC[C@@H]32)C1. The lowest BCUT2D eigenvalue weighted by atomic mass is 9.47. The Morgan fingerprint density at radius 2 is 1.76 bits per heavy atom. The van der Waals surface area contributed by atoms with E-state index in [9.17, 15) is 0 Å².